The molecule has 2 amide bonds. The third-order valence-corrected chi connectivity index (χ3v) is 3.45. The maximum absolute atomic E-state index is 10.8. The molecule has 0 spiro atoms. The molecule has 0 saturated carbocycles. The molecule has 0 saturated heterocycles. The molecule has 1 aromatic rings. The monoisotopic (exact) mass is 258 g/mol. The Kier molecular flexibility index (Phi) is 5.00. The van der Waals surface area contributed by atoms with E-state index in [4.69, 9.17) is 10.5 Å². The van der Waals surface area contributed by atoms with E-state index in [0.717, 1.165) is 21.6 Å². The van der Waals surface area contributed by atoms with Crippen LogP contribution in [0.3, 0.4) is 0 Å². The Morgan fingerprint density at radius 3 is 2.44 bits per heavy atom. The van der Waals surface area contributed by atoms with Crippen LogP contribution >= 0.6 is 21.8 Å². The second-order valence-corrected chi connectivity index (χ2v) is 4.65. The number of primary amides is 1. The van der Waals surface area contributed by atoms with E-state index in [9.17, 15) is 9.59 Å². The summed E-state index contributed by atoms with van der Waals surface area (Å²) in [7, 11) is 3.93. The number of carbonyl (C=O) groups excluding carboxylic acids is 2. The summed E-state index contributed by atoms with van der Waals surface area (Å²) >= 11 is 0. The number of hydrogen-bond acceptors (Lipinski definition) is 5. The van der Waals surface area contributed by atoms with Gasteiger partial charge < -0.3 is 10.5 Å². The SMILES string of the molecule is COc1ccc(SSNC(=O)C(N)=O)cc1. The van der Waals surface area contributed by atoms with Gasteiger partial charge in [-0.3, -0.25) is 14.3 Å². The number of amides is 2. The van der Waals surface area contributed by atoms with Crippen molar-refractivity contribution in [2.24, 2.45) is 5.73 Å². The van der Waals surface area contributed by atoms with Crippen molar-refractivity contribution >= 4 is 33.6 Å². The fourth-order valence-electron chi connectivity index (χ4n) is 0.788. The van der Waals surface area contributed by atoms with E-state index in [1.807, 2.05) is 12.1 Å². The third-order valence-electron chi connectivity index (χ3n) is 1.56. The van der Waals surface area contributed by atoms with E-state index in [0.29, 0.717) is 0 Å². The quantitative estimate of drug-likeness (QED) is 0.477. The number of rotatable bonds is 4. The molecule has 3 N–H and O–H groups in total. The fourth-order valence-corrected chi connectivity index (χ4v) is 2.32. The van der Waals surface area contributed by atoms with Crippen molar-refractivity contribution in [2.45, 2.75) is 4.90 Å². The van der Waals surface area contributed by atoms with Crippen LogP contribution in [0.15, 0.2) is 29.2 Å². The second kappa shape index (κ2) is 6.29. The lowest BCUT2D eigenvalue weighted by Crippen LogP contribution is -2.31. The van der Waals surface area contributed by atoms with Crippen LogP contribution in [0.2, 0.25) is 0 Å². The molecule has 0 radical (unpaired) electrons. The van der Waals surface area contributed by atoms with E-state index in [1.165, 1.54) is 10.8 Å². The molecule has 16 heavy (non-hydrogen) atoms. The van der Waals surface area contributed by atoms with Gasteiger partial charge in [-0.05, 0) is 35.1 Å². The van der Waals surface area contributed by atoms with Crippen molar-refractivity contribution in [2.75, 3.05) is 7.11 Å². The summed E-state index contributed by atoms with van der Waals surface area (Å²) < 4.78 is 7.29. The fraction of sp³-hybridized carbons (Fsp3) is 0.111. The van der Waals surface area contributed by atoms with Gasteiger partial charge in [0.25, 0.3) is 0 Å². The number of ether oxygens (including phenoxy) is 1. The molecule has 86 valence electrons. The average molecular weight is 258 g/mol. The molecule has 0 fully saturated rings. The molecule has 1 rings (SSSR count). The highest BCUT2D eigenvalue weighted by Gasteiger charge is 2.07. The minimum atomic E-state index is -0.997. The Bertz CT molecular complexity index is 381. The van der Waals surface area contributed by atoms with Gasteiger partial charge in [0.05, 0.1) is 7.11 Å². The van der Waals surface area contributed by atoms with Crippen LogP contribution in [0.4, 0.5) is 0 Å². The number of methoxy groups -OCH3 is 1. The smallest absolute Gasteiger partial charge is 0.319 e. The number of hydrogen-bond donors (Lipinski definition) is 2. The summed E-state index contributed by atoms with van der Waals surface area (Å²) in [5.41, 5.74) is 4.76. The molecule has 1 aromatic carbocycles. The molecule has 7 heteroatoms. The van der Waals surface area contributed by atoms with E-state index in [2.05, 4.69) is 4.72 Å². The van der Waals surface area contributed by atoms with Crippen molar-refractivity contribution in [1.29, 1.82) is 0 Å². The van der Waals surface area contributed by atoms with Gasteiger partial charge in [0, 0.05) is 15.9 Å². The minimum Gasteiger partial charge on any atom is -0.497 e. The molecular formula is C9H10N2O3S2. The van der Waals surface area contributed by atoms with Gasteiger partial charge in [-0.2, -0.15) is 0 Å². The van der Waals surface area contributed by atoms with Crippen molar-refractivity contribution in [3.05, 3.63) is 24.3 Å². The summed E-state index contributed by atoms with van der Waals surface area (Å²) in [5, 5.41) is 0. The molecule has 0 atom stereocenters. The summed E-state index contributed by atoms with van der Waals surface area (Å²) in [6.07, 6.45) is 0. The first-order chi connectivity index (χ1) is 7.63. The van der Waals surface area contributed by atoms with Crippen LogP contribution in [0.25, 0.3) is 0 Å². The number of nitrogens with two attached hydrogens (primary N) is 1. The highest BCUT2D eigenvalue weighted by Crippen LogP contribution is 2.29. The number of carbonyl (C=O) groups is 2. The normalized spacial score (nSPS) is 9.56. The van der Waals surface area contributed by atoms with Crippen molar-refractivity contribution in [3.8, 4) is 5.75 Å². The Labute approximate surface area is 101 Å². The van der Waals surface area contributed by atoms with Gasteiger partial charge in [0.2, 0.25) is 0 Å². The Hall–Kier alpha value is -1.34. The van der Waals surface area contributed by atoms with Crippen molar-refractivity contribution in [3.63, 3.8) is 0 Å². The van der Waals surface area contributed by atoms with Crippen LogP contribution in [0.5, 0.6) is 5.75 Å². The van der Waals surface area contributed by atoms with E-state index < -0.39 is 11.8 Å². The molecule has 5 nitrogen and oxygen atoms in total. The van der Waals surface area contributed by atoms with E-state index in [-0.39, 0.29) is 0 Å². The van der Waals surface area contributed by atoms with Crippen LogP contribution in [-0.4, -0.2) is 18.9 Å². The zero-order chi connectivity index (χ0) is 12.0. The van der Waals surface area contributed by atoms with Gasteiger partial charge in [-0.25, -0.2) is 0 Å². The van der Waals surface area contributed by atoms with Gasteiger partial charge in [0.15, 0.2) is 0 Å². The summed E-state index contributed by atoms with van der Waals surface area (Å²) in [4.78, 5) is 22.1. The zero-order valence-electron chi connectivity index (χ0n) is 8.43. The van der Waals surface area contributed by atoms with E-state index >= 15 is 0 Å². The van der Waals surface area contributed by atoms with Crippen molar-refractivity contribution < 1.29 is 14.3 Å². The van der Waals surface area contributed by atoms with Crippen LogP contribution in [0.1, 0.15) is 0 Å². The Morgan fingerprint density at radius 1 is 1.31 bits per heavy atom. The van der Waals surface area contributed by atoms with Crippen molar-refractivity contribution in [1.82, 2.24) is 4.72 Å². The lowest BCUT2D eigenvalue weighted by atomic mass is 10.3. The minimum absolute atomic E-state index is 0.760. The molecule has 0 bridgehead atoms. The van der Waals surface area contributed by atoms with Gasteiger partial charge in [-0.15, -0.1) is 0 Å². The molecule has 0 aromatic heterocycles. The van der Waals surface area contributed by atoms with Gasteiger partial charge >= 0.3 is 11.8 Å². The number of benzene rings is 1. The summed E-state index contributed by atoms with van der Waals surface area (Å²) in [5.74, 6) is -1.05. The molecule has 0 aliphatic rings. The van der Waals surface area contributed by atoms with E-state index in [1.54, 1.807) is 19.2 Å². The maximum atomic E-state index is 10.8. The first-order valence-corrected chi connectivity index (χ1v) is 6.36. The molecular weight excluding hydrogens is 248 g/mol. The maximum Gasteiger partial charge on any atom is 0.319 e. The first-order valence-electron chi connectivity index (χ1n) is 4.21. The third kappa shape index (κ3) is 4.03. The van der Waals surface area contributed by atoms with Gasteiger partial charge in [-0.1, -0.05) is 0 Å². The highest BCUT2D eigenvalue weighted by atomic mass is 33.1. The van der Waals surface area contributed by atoms with Crippen LogP contribution in [0, 0.1) is 0 Å². The predicted octanol–water partition coefficient (Wildman–Crippen LogP) is 0.952. The number of nitrogens with one attached hydrogen (secondary N) is 1. The summed E-state index contributed by atoms with van der Waals surface area (Å²) in [6.45, 7) is 0. The largest absolute Gasteiger partial charge is 0.497 e. The highest BCUT2D eigenvalue weighted by molar-refractivity contribution is 8.76. The van der Waals surface area contributed by atoms with Gasteiger partial charge in [0.1, 0.15) is 5.75 Å². The lowest BCUT2D eigenvalue weighted by Gasteiger charge is -2.02. The Balaban J connectivity index is 2.37. The standard InChI is InChI=1S/C9H10N2O3S2/c1-14-6-2-4-7(5-3-6)15-16-11-9(13)8(10)12/h2-5H,1H3,(H2,10,12)(H,11,13). The first kappa shape index (κ1) is 12.7. The molecule has 0 aliphatic carbocycles. The second-order valence-electron chi connectivity index (χ2n) is 2.64. The topological polar surface area (TPSA) is 81.4 Å². The lowest BCUT2D eigenvalue weighted by molar-refractivity contribution is -0.136. The summed E-state index contributed by atoms with van der Waals surface area (Å²) in [6, 6.07) is 7.29. The van der Waals surface area contributed by atoms with Crippen LogP contribution in [-0.2, 0) is 9.59 Å². The molecule has 0 heterocycles. The molecule has 0 aliphatic heterocycles. The predicted molar refractivity (Wildman–Crippen MR) is 63.8 cm³/mol. The van der Waals surface area contributed by atoms with Crippen LogP contribution < -0.4 is 15.2 Å². The average Bonchev–Trinajstić information content (AvgIpc) is 2.29. The zero-order valence-corrected chi connectivity index (χ0v) is 10.1. The Morgan fingerprint density at radius 2 is 1.94 bits per heavy atom. The molecule has 0 unspecified atom stereocenters.